The minimum Gasteiger partial charge on any atom is -0.299 e. The molecule has 27 heavy (non-hydrogen) atoms. The third kappa shape index (κ3) is 3.42. The molecule has 1 N–H and O–H groups in total. The topological polar surface area (TPSA) is 77.7 Å². The van der Waals surface area contributed by atoms with E-state index in [1.54, 1.807) is 12.1 Å². The zero-order valence-electron chi connectivity index (χ0n) is 15.2. The van der Waals surface area contributed by atoms with E-state index >= 15 is 0 Å². The molecule has 6 heteroatoms. The highest BCUT2D eigenvalue weighted by Gasteiger charge is 2.27. The van der Waals surface area contributed by atoms with Gasteiger partial charge in [0.15, 0.2) is 5.82 Å². The summed E-state index contributed by atoms with van der Waals surface area (Å²) >= 11 is 0. The van der Waals surface area contributed by atoms with Crippen LogP contribution in [0.1, 0.15) is 28.8 Å². The van der Waals surface area contributed by atoms with Crippen LogP contribution in [-0.4, -0.2) is 32.8 Å². The molecule has 1 aromatic carbocycles. The second-order valence-electron chi connectivity index (χ2n) is 7.02. The number of aryl methyl sites for hydroxylation is 1. The molecule has 4 rings (SSSR count). The molecule has 1 aliphatic carbocycles. The van der Waals surface area contributed by atoms with Crippen molar-refractivity contribution in [3.63, 3.8) is 0 Å². The van der Waals surface area contributed by atoms with Crippen molar-refractivity contribution < 1.29 is 0 Å². The Labute approximate surface area is 157 Å². The number of nitriles is 1. The van der Waals surface area contributed by atoms with Crippen LogP contribution in [0.15, 0.2) is 53.5 Å². The van der Waals surface area contributed by atoms with E-state index in [1.165, 1.54) is 16.4 Å². The first-order valence-corrected chi connectivity index (χ1v) is 9.09. The fourth-order valence-corrected chi connectivity index (χ4v) is 3.71. The van der Waals surface area contributed by atoms with Crippen molar-refractivity contribution in [1.29, 1.82) is 5.26 Å². The molecule has 2 aromatic heterocycles. The predicted octanol–water partition coefficient (Wildman–Crippen LogP) is 2.42. The Morgan fingerprint density at radius 3 is 2.81 bits per heavy atom. The monoisotopic (exact) mass is 359 g/mol. The van der Waals surface area contributed by atoms with Gasteiger partial charge >= 0.3 is 0 Å². The Morgan fingerprint density at radius 1 is 1.30 bits per heavy atom. The lowest BCUT2D eigenvalue weighted by Crippen LogP contribution is -2.37. The maximum atomic E-state index is 12.9. The molecule has 6 nitrogen and oxygen atoms in total. The summed E-state index contributed by atoms with van der Waals surface area (Å²) in [6, 6.07) is 16.1. The van der Waals surface area contributed by atoms with Gasteiger partial charge in [-0.05, 0) is 44.0 Å². The molecule has 3 aromatic rings. The Kier molecular flexibility index (Phi) is 4.61. The van der Waals surface area contributed by atoms with E-state index in [2.05, 4.69) is 46.3 Å². The minimum atomic E-state index is -0.0416. The summed E-state index contributed by atoms with van der Waals surface area (Å²) in [5.41, 5.74) is 3.55. The average molecular weight is 359 g/mol. The average Bonchev–Trinajstić information content (AvgIpc) is 3.05. The van der Waals surface area contributed by atoms with Gasteiger partial charge in [-0.1, -0.05) is 30.3 Å². The molecular formula is C21H21N5O. The van der Waals surface area contributed by atoms with Gasteiger partial charge < -0.3 is 0 Å². The van der Waals surface area contributed by atoms with Crippen LogP contribution in [0, 0.1) is 11.3 Å². The van der Waals surface area contributed by atoms with Gasteiger partial charge in [0, 0.05) is 30.0 Å². The molecule has 1 aliphatic rings. The summed E-state index contributed by atoms with van der Waals surface area (Å²) in [6.07, 6.45) is 4.07. The van der Waals surface area contributed by atoms with Crippen molar-refractivity contribution in [3.8, 4) is 11.9 Å². The van der Waals surface area contributed by atoms with Gasteiger partial charge in [-0.2, -0.15) is 5.26 Å². The zero-order chi connectivity index (χ0) is 18.8. The fraction of sp³-hybridized carbons (Fsp3) is 0.286. The molecule has 0 bridgehead atoms. The van der Waals surface area contributed by atoms with Gasteiger partial charge in [-0.3, -0.25) is 14.8 Å². The summed E-state index contributed by atoms with van der Waals surface area (Å²) in [6.45, 7) is 0.872. The Morgan fingerprint density at radius 2 is 2.11 bits per heavy atom. The molecule has 0 radical (unpaired) electrons. The number of fused-ring (bicyclic) bond motifs is 1. The van der Waals surface area contributed by atoms with E-state index in [0.29, 0.717) is 17.4 Å². The number of rotatable bonds is 4. The lowest BCUT2D eigenvalue weighted by molar-refractivity contribution is 0.213. The lowest BCUT2D eigenvalue weighted by Gasteiger charge is -2.30. The van der Waals surface area contributed by atoms with Gasteiger partial charge in [-0.15, -0.1) is 0 Å². The minimum absolute atomic E-state index is 0.0416. The standard InChI is InChI=1S/C21H21N5O/c1-25(14-15-5-3-2-4-6-15)17-8-9-19-18(11-17)21(27)26(24-19)20-10-7-16(12-22)13-23-20/h2-7,10,13,17,24H,8-9,11,14H2,1H3. The first-order chi connectivity index (χ1) is 13.2. The molecular weight excluding hydrogens is 338 g/mol. The van der Waals surface area contributed by atoms with E-state index < -0.39 is 0 Å². The second kappa shape index (κ2) is 7.22. The number of aromatic nitrogens is 3. The lowest BCUT2D eigenvalue weighted by atomic mass is 9.92. The van der Waals surface area contributed by atoms with E-state index in [-0.39, 0.29) is 5.56 Å². The summed E-state index contributed by atoms with van der Waals surface area (Å²) in [4.78, 5) is 19.5. The second-order valence-corrected chi connectivity index (χ2v) is 7.02. The van der Waals surface area contributed by atoms with Crippen LogP contribution in [0.2, 0.25) is 0 Å². The number of nitrogens with one attached hydrogen (secondary N) is 1. The van der Waals surface area contributed by atoms with Crippen LogP contribution in [0.25, 0.3) is 5.82 Å². The van der Waals surface area contributed by atoms with Crippen molar-refractivity contribution >= 4 is 0 Å². The molecule has 136 valence electrons. The zero-order valence-corrected chi connectivity index (χ0v) is 15.2. The molecule has 0 fully saturated rings. The molecule has 0 saturated carbocycles. The van der Waals surface area contributed by atoms with Gasteiger partial charge in [0.2, 0.25) is 0 Å². The summed E-state index contributed by atoms with van der Waals surface area (Å²) in [5.74, 6) is 0.516. The number of hydrogen-bond donors (Lipinski definition) is 1. The highest BCUT2D eigenvalue weighted by atomic mass is 16.1. The highest BCUT2D eigenvalue weighted by molar-refractivity contribution is 5.33. The summed E-state index contributed by atoms with van der Waals surface area (Å²) in [7, 11) is 2.12. The number of H-pyrrole nitrogens is 1. The van der Waals surface area contributed by atoms with E-state index in [9.17, 15) is 4.79 Å². The maximum absolute atomic E-state index is 12.9. The summed E-state index contributed by atoms with van der Waals surface area (Å²) < 4.78 is 1.49. The Bertz CT molecular complexity index is 1030. The van der Waals surface area contributed by atoms with E-state index in [4.69, 9.17) is 5.26 Å². The van der Waals surface area contributed by atoms with Crippen molar-refractivity contribution in [1.82, 2.24) is 19.7 Å². The van der Waals surface area contributed by atoms with Gasteiger partial charge in [0.1, 0.15) is 6.07 Å². The number of pyridine rings is 1. The Balaban J connectivity index is 1.55. The highest BCUT2D eigenvalue weighted by Crippen LogP contribution is 2.22. The molecule has 0 saturated heterocycles. The largest absolute Gasteiger partial charge is 0.299 e. The molecule has 0 aliphatic heterocycles. The predicted molar refractivity (Wildman–Crippen MR) is 103 cm³/mol. The molecule has 1 atom stereocenters. The quantitative estimate of drug-likeness (QED) is 0.776. The van der Waals surface area contributed by atoms with Crippen molar-refractivity contribution in [2.75, 3.05) is 7.05 Å². The number of nitrogens with zero attached hydrogens (tertiary/aromatic N) is 4. The van der Waals surface area contributed by atoms with E-state index in [0.717, 1.165) is 37.1 Å². The van der Waals surface area contributed by atoms with Crippen LogP contribution >= 0.6 is 0 Å². The van der Waals surface area contributed by atoms with Crippen LogP contribution < -0.4 is 5.56 Å². The third-order valence-corrected chi connectivity index (χ3v) is 5.24. The SMILES string of the molecule is CN(Cc1ccccc1)C1CCc2[nH]n(-c3ccc(C#N)cn3)c(=O)c2C1. The van der Waals surface area contributed by atoms with E-state index in [1.807, 2.05) is 12.1 Å². The third-order valence-electron chi connectivity index (χ3n) is 5.24. The first kappa shape index (κ1) is 17.3. The van der Waals surface area contributed by atoms with Gasteiger partial charge in [0.25, 0.3) is 5.56 Å². The van der Waals surface area contributed by atoms with Gasteiger partial charge in [-0.25, -0.2) is 9.67 Å². The van der Waals surface area contributed by atoms with Crippen LogP contribution in [0.3, 0.4) is 0 Å². The van der Waals surface area contributed by atoms with Crippen molar-refractivity contribution in [2.45, 2.75) is 31.8 Å². The number of aromatic amines is 1. The molecule has 0 amide bonds. The number of hydrogen-bond acceptors (Lipinski definition) is 4. The number of benzene rings is 1. The number of likely N-dealkylation sites (N-methyl/N-ethyl adjacent to an activating group) is 1. The Hall–Kier alpha value is -3.17. The van der Waals surface area contributed by atoms with Crippen LogP contribution in [0.5, 0.6) is 0 Å². The van der Waals surface area contributed by atoms with Crippen molar-refractivity contribution in [3.05, 3.63) is 81.4 Å². The van der Waals surface area contributed by atoms with Crippen LogP contribution in [-0.2, 0) is 19.4 Å². The molecule has 1 unspecified atom stereocenters. The smallest absolute Gasteiger partial charge is 0.276 e. The normalized spacial score (nSPS) is 16.1. The summed E-state index contributed by atoms with van der Waals surface area (Å²) in [5, 5.41) is 12.1. The maximum Gasteiger partial charge on any atom is 0.276 e. The van der Waals surface area contributed by atoms with Crippen LogP contribution in [0.4, 0.5) is 0 Å². The molecule has 2 heterocycles. The fourth-order valence-electron chi connectivity index (χ4n) is 3.71. The molecule has 0 spiro atoms. The van der Waals surface area contributed by atoms with Crippen molar-refractivity contribution in [2.24, 2.45) is 0 Å². The first-order valence-electron chi connectivity index (χ1n) is 9.09. The van der Waals surface area contributed by atoms with Gasteiger partial charge in [0.05, 0.1) is 5.56 Å².